The molecule has 0 radical (unpaired) electrons. The maximum Gasteiger partial charge on any atom is 0.337 e. The summed E-state index contributed by atoms with van der Waals surface area (Å²) < 4.78 is 4.74. The lowest BCUT2D eigenvalue weighted by atomic mass is 10.1. The number of rotatable bonds is 5. The lowest BCUT2D eigenvalue weighted by Crippen LogP contribution is -2.22. The van der Waals surface area contributed by atoms with Crippen molar-refractivity contribution < 1.29 is 14.3 Å². The fourth-order valence-corrected chi connectivity index (χ4v) is 3.63. The van der Waals surface area contributed by atoms with Crippen LogP contribution in [0.25, 0.3) is 11.1 Å². The number of carbonyl (C=O) groups is 2. The van der Waals surface area contributed by atoms with Gasteiger partial charge in [-0.15, -0.1) is 0 Å². The minimum absolute atomic E-state index is 0.133. The molecule has 0 aliphatic heterocycles. The van der Waals surface area contributed by atoms with Crippen molar-refractivity contribution in [2.24, 2.45) is 0 Å². The Hall–Kier alpha value is -3.60. The summed E-state index contributed by atoms with van der Waals surface area (Å²) in [7, 11) is 1.33. The van der Waals surface area contributed by atoms with Crippen molar-refractivity contribution in [1.29, 1.82) is 0 Å². The van der Waals surface area contributed by atoms with E-state index in [1.165, 1.54) is 29.4 Å². The van der Waals surface area contributed by atoms with Crippen molar-refractivity contribution in [2.75, 3.05) is 24.3 Å². The van der Waals surface area contributed by atoms with Crippen LogP contribution in [0.3, 0.4) is 0 Å². The summed E-state index contributed by atoms with van der Waals surface area (Å²) in [6.45, 7) is 2.01. The first-order chi connectivity index (χ1) is 14.0. The largest absolute Gasteiger partial charge is 0.465 e. The Bertz CT molecular complexity index is 1110. The van der Waals surface area contributed by atoms with Crippen LogP contribution in [0.2, 0.25) is 0 Å². The van der Waals surface area contributed by atoms with Crippen LogP contribution >= 0.6 is 0 Å². The van der Waals surface area contributed by atoms with Crippen LogP contribution in [0, 0.1) is 6.92 Å². The van der Waals surface area contributed by atoms with Gasteiger partial charge >= 0.3 is 5.97 Å². The van der Waals surface area contributed by atoms with Crippen molar-refractivity contribution in [3.63, 3.8) is 0 Å². The van der Waals surface area contributed by atoms with Crippen LogP contribution < -0.4 is 10.6 Å². The normalized spacial score (nSPS) is 11.4. The third-order valence-electron chi connectivity index (χ3n) is 5.18. The molecule has 1 amide bonds. The smallest absolute Gasteiger partial charge is 0.337 e. The van der Waals surface area contributed by atoms with Crippen LogP contribution in [-0.2, 0) is 16.0 Å². The summed E-state index contributed by atoms with van der Waals surface area (Å²) in [5.74, 6) is -0.614. The highest BCUT2D eigenvalue weighted by molar-refractivity contribution is 5.97. The van der Waals surface area contributed by atoms with E-state index in [1.807, 2.05) is 13.0 Å². The zero-order chi connectivity index (χ0) is 20.4. The molecule has 3 aromatic rings. The van der Waals surface area contributed by atoms with Gasteiger partial charge in [-0.3, -0.25) is 4.79 Å². The number of benzene rings is 3. The first kappa shape index (κ1) is 18.7. The number of carbonyl (C=O) groups excluding carboxylic acids is 2. The predicted octanol–water partition coefficient (Wildman–Crippen LogP) is 4.40. The number of ether oxygens (including phenoxy) is 1. The zero-order valence-corrected chi connectivity index (χ0v) is 16.4. The minimum atomic E-state index is -0.433. The molecule has 146 valence electrons. The van der Waals surface area contributed by atoms with Crippen LogP contribution in [0.5, 0.6) is 0 Å². The van der Waals surface area contributed by atoms with Gasteiger partial charge in [0.25, 0.3) is 0 Å². The van der Waals surface area contributed by atoms with E-state index >= 15 is 0 Å². The number of nitrogens with one attached hydrogen (secondary N) is 2. The van der Waals surface area contributed by atoms with Gasteiger partial charge < -0.3 is 15.4 Å². The molecule has 4 rings (SSSR count). The van der Waals surface area contributed by atoms with E-state index in [2.05, 4.69) is 47.0 Å². The molecule has 5 heteroatoms. The molecule has 0 unspecified atom stereocenters. The summed E-state index contributed by atoms with van der Waals surface area (Å²) in [6.07, 6.45) is 0.909. The Morgan fingerprint density at radius 1 is 0.966 bits per heavy atom. The van der Waals surface area contributed by atoms with Gasteiger partial charge in [-0.1, -0.05) is 36.4 Å². The Balaban J connectivity index is 1.41. The van der Waals surface area contributed by atoms with E-state index in [9.17, 15) is 9.59 Å². The minimum Gasteiger partial charge on any atom is -0.465 e. The molecule has 0 spiro atoms. The average molecular weight is 386 g/mol. The molecule has 0 fully saturated rings. The maximum atomic E-state index is 12.4. The van der Waals surface area contributed by atoms with Gasteiger partial charge in [0, 0.05) is 11.4 Å². The second kappa shape index (κ2) is 7.80. The number of fused-ring (bicyclic) bond motifs is 3. The number of aryl methyl sites for hydroxylation is 1. The van der Waals surface area contributed by atoms with E-state index in [0.717, 1.165) is 17.7 Å². The number of amides is 1. The van der Waals surface area contributed by atoms with E-state index in [4.69, 9.17) is 4.74 Å². The Morgan fingerprint density at radius 3 is 2.59 bits per heavy atom. The van der Waals surface area contributed by atoms with Gasteiger partial charge in [0.2, 0.25) is 5.91 Å². The van der Waals surface area contributed by atoms with Crippen LogP contribution in [0.15, 0.2) is 60.7 Å². The summed E-state index contributed by atoms with van der Waals surface area (Å²) in [5, 5.41) is 6.04. The van der Waals surface area contributed by atoms with Gasteiger partial charge in [0.15, 0.2) is 0 Å². The zero-order valence-electron chi connectivity index (χ0n) is 16.4. The first-order valence-corrected chi connectivity index (χ1v) is 9.49. The molecular weight excluding hydrogens is 364 g/mol. The molecule has 1 aliphatic carbocycles. The number of hydrogen-bond donors (Lipinski definition) is 2. The van der Waals surface area contributed by atoms with E-state index in [1.54, 1.807) is 18.2 Å². The van der Waals surface area contributed by atoms with Crippen LogP contribution in [0.1, 0.15) is 27.0 Å². The summed E-state index contributed by atoms with van der Waals surface area (Å²) in [6, 6.07) is 19.7. The van der Waals surface area contributed by atoms with E-state index in [0.29, 0.717) is 11.3 Å². The van der Waals surface area contributed by atoms with E-state index < -0.39 is 5.97 Å². The molecule has 0 aromatic heterocycles. The molecule has 0 saturated carbocycles. The number of methoxy groups -OCH3 is 1. The highest BCUT2D eigenvalue weighted by Gasteiger charge is 2.18. The molecule has 2 N–H and O–H groups in total. The number of anilines is 2. The standard InChI is InChI=1S/C24H22N2O3/c1-15-7-8-17(24(28)29-2)13-22(15)26-23(27)14-25-19-9-10-21-18(12-19)11-16-5-3-4-6-20(16)21/h3-10,12-13,25H,11,14H2,1-2H3,(H,26,27). The molecule has 1 aliphatic rings. The average Bonchev–Trinajstić information content (AvgIpc) is 3.11. The topological polar surface area (TPSA) is 67.4 Å². The Kier molecular flexibility index (Phi) is 5.04. The van der Waals surface area contributed by atoms with Gasteiger partial charge in [-0.2, -0.15) is 0 Å². The Labute approximate surface area is 169 Å². The second-order valence-electron chi connectivity index (χ2n) is 7.13. The van der Waals surface area contributed by atoms with Crippen molar-refractivity contribution in [1.82, 2.24) is 0 Å². The van der Waals surface area contributed by atoms with Crippen LogP contribution in [0.4, 0.5) is 11.4 Å². The molecule has 0 bridgehead atoms. The highest BCUT2D eigenvalue weighted by Crippen LogP contribution is 2.37. The second-order valence-corrected chi connectivity index (χ2v) is 7.13. The van der Waals surface area contributed by atoms with E-state index in [-0.39, 0.29) is 12.5 Å². The quantitative estimate of drug-likeness (QED) is 0.499. The third-order valence-corrected chi connectivity index (χ3v) is 5.18. The van der Waals surface area contributed by atoms with Crippen LogP contribution in [-0.4, -0.2) is 25.5 Å². The molecule has 29 heavy (non-hydrogen) atoms. The SMILES string of the molecule is COC(=O)c1ccc(C)c(NC(=O)CNc2ccc3c(c2)Cc2ccccc2-3)c1. The van der Waals surface area contributed by atoms with Gasteiger partial charge in [-0.05, 0) is 65.4 Å². The first-order valence-electron chi connectivity index (χ1n) is 9.49. The highest BCUT2D eigenvalue weighted by atomic mass is 16.5. The molecule has 3 aromatic carbocycles. The molecule has 5 nitrogen and oxygen atoms in total. The molecule has 0 atom stereocenters. The summed E-state index contributed by atoms with van der Waals surface area (Å²) in [4.78, 5) is 24.1. The Morgan fingerprint density at radius 2 is 1.76 bits per heavy atom. The lowest BCUT2D eigenvalue weighted by Gasteiger charge is -2.12. The molecule has 0 heterocycles. The monoisotopic (exact) mass is 386 g/mol. The van der Waals surface area contributed by atoms with Gasteiger partial charge in [0.05, 0.1) is 19.2 Å². The summed E-state index contributed by atoms with van der Waals surface area (Å²) >= 11 is 0. The fraction of sp³-hybridized carbons (Fsp3) is 0.167. The summed E-state index contributed by atoms with van der Waals surface area (Å²) in [5.41, 5.74) is 7.92. The third kappa shape index (κ3) is 3.85. The molecule has 0 saturated heterocycles. The fourth-order valence-electron chi connectivity index (χ4n) is 3.63. The lowest BCUT2D eigenvalue weighted by molar-refractivity contribution is -0.114. The number of hydrogen-bond acceptors (Lipinski definition) is 4. The van der Waals surface area contributed by atoms with Crippen molar-refractivity contribution >= 4 is 23.3 Å². The number of esters is 1. The van der Waals surface area contributed by atoms with Gasteiger partial charge in [-0.25, -0.2) is 4.79 Å². The van der Waals surface area contributed by atoms with Crippen molar-refractivity contribution in [2.45, 2.75) is 13.3 Å². The predicted molar refractivity (Wildman–Crippen MR) is 114 cm³/mol. The van der Waals surface area contributed by atoms with Gasteiger partial charge in [0.1, 0.15) is 0 Å². The molecular formula is C24H22N2O3. The maximum absolute atomic E-state index is 12.4. The van der Waals surface area contributed by atoms with Crippen molar-refractivity contribution in [3.8, 4) is 11.1 Å². The van der Waals surface area contributed by atoms with Crippen molar-refractivity contribution in [3.05, 3.63) is 82.9 Å².